The molecule has 2 rings (SSSR count). The molecule has 21 heavy (non-hydrogen) atoms. The second kappa shape index (κ2) is 6.16. The van der Waals surface area contributed by atoms with E-state index in [1.807, 2.05) is 31.2 Å². The molecule has 0 aliphatic rings. The molecule has 1 unspecified atom stereocenters. The van der Waals surface area contributed by atoms with Gasteiger partial charge in [-0.15, -0.1) is 12.6 Å². The summed E-state index contributed by atoms with van der Waals surface area (Å²) in [6.07, 6.45) is 0. The maximum Gasteiger partial charge on any atom is 0.181 e. The number of ketones is 1. The average molecular weight is 318 g/mol. The maximum atomic E-state index is 12.7. The maximum absolute atomic E-state index is 12.7. The van der Waals surface area contributed by atoms with Gasteiger partial charge in [0.15, 0.2) is 5.78 Å². The van der Waals surface area contributed by atoms with Gasteiger partial charge in [0.25, 0.3) is 0 Å². The molecule has 0 bridgehead atoms. The number of hydrogen-bond acceptors (Lipinski definition) is 3. The van der Waals surface area contributed by atoms with Crippen LogP contribution in [0.15, 0.2) is 58.3 Å². The minimum absolute atomic E-state index is 0.130. The second-order valence-corrected chi connectivity index (χ2v) is 8.01. The normalized spacial score (nSPS) is 13.0. The molecule has 4 heteroatoms. The molecule has 0 amide bonds. The van der Waals surface area contributed by atoms with Crippen molar-refractivity contribution in [1.29, 1.82) is 0 Å². The molecule has 0 heterocycles. The van der Waals surface area contributed by atoms with Crippen LogP contribution in [0.3, 0.4) is 0 Å². The largest absolute Gasteiger partial charge is 0.293 e. The van der Waals surface area contributed by atoms with Gasteiger partial charge in [0.05, 0.1) is 10.8 Å². The molecule has 0 spiro atoms. The first-order valence-electron chi connectivity index (χ1n) is 6.65. The lowest BCUT2D eigenvalue weighted by Gasteiger charge is -2.22. The van der Waals surface area contributed by atoms with Gasteiger partial charge in [-0.1, -0.05) is 29.8 Å². The summed E-state index contributed by atoms with van der Waals surface area (Å²) in [5, 5.41) is 0. The molecule has 0 N–H and O–H groups in total. The number of carbonyl (C=O) groups excluding carboxylic acids is 1. The molecular weight excluding hydrogens is 300 g/mol. The Labute approximate surface area is 133 Å². The predicted molar refractivity (Wildman–Crippen MR) is 89.7 cm³/mol. The Morgan fingerprint density at radius 1 is 1.00 bits per heavy atom. The molecular formula is C17H18O2S2. The Bertz CT molecular complexity index is 611. The average Bonchev–Trinajstić information content (AvgIpc) is 2.47. The van der Waals surface area contributed by atoms with Crippen molar-refractivity contribution in [3.63, 3.8) is 0 Å². The Morgan fingerprint density at radius 3 is 2.05 bits per heavy atom. The molecule has 0 aromatic heterocycles. The zero-order valence-corrected chi connectivity index (χ0v) is 14.0. The quantitative estimate of drug-likeness (QED) is 0.681. The highest BCUT2D eigenvalue weighted by Gasteiger charge is 2.36. The SMILES string of the molecule is Cc1ccc(S(=O)C(C)(C)C(=O)c2ccc(S)cc2)cc1. The Kier molecular flexibility index (Phi) is 4.69. The van der Waals surface area contributed by atoms with Crippen molar-refractivity contribution in [2.24, 2.45) is 0 Å². The van der Waals surface area contributed by atoms with E-state index in [0.29, 0.717) is 10.5 Å². The third-order valence-electron chi connectivity index (χ3n) is 3.37. The molecule has 0 saturated heterocycles. The first kappa shape index (κ1) is 16.0. The summed E-state index contributed by atoms with van der Waals surface area (Å²) in [4.78, 5) is 14.1. The molecule has 0 aliphatic carbocycles. The summed E-state index contributed by atoms with van der Waals surface area (Å²) in [5.41, 5.74) is 1.66. The van der Waals surface area contributed by atoms with Gasteiger partial charge in [0.1, 0.15) is 4.75 Å². The van der Waals surface area contributed by atoms with E-state index in [-0.39, 0.29) is 5.78 Å². The van der Waals surface area contributed by atoms with E-state index in [1.165, 1.54) is 0 Å². The fourth-order valence-electron chi connectivity index (χ4n) is 2.00. The van der Waals surface area contributed by atoms with E-state index >= 15 is 0 Å². The topological polar surface area (TPSA) is 34.1 Å². The fourth-order valence-corrected chi connectivity index (χ4v) is 3.41. The first-order valence-corrected chi connectivity index (χ1v) is 8.24. The van der Waals surface area contributed by atoms with Gasteiger partial charge in [-0.2, -0.15) is 0 Å². The van der Waals surface area contributed by atoms with Crippen molar-refractivity contribution < 1.29 is 9.00 Å². The highest BCUT2D eigenvalue weighted by Crippen LogP contribution is 2.26. The van der Waals surface area contributed by atoms with Gasteiger partial charge in [0.2, 0.25) is 0 Å². The van der Waals surface area contributed by atoms with Gasteiger partial charge >= 0.3 is 0 Å². The molecule has 0 fully saturated rings. The van der Waals surface area contributed by atoms with Crippen LogP contribution in [0.2, 0.25) is 0 Å². The summed E-state index contributed by atoms with van der Waals surface area (Å²) in [5.74, 6) is -0.130. The Hall–Kier alpha value is -1.39. The lowest BCUT2D eigenvalue weighted by molar-refractivity contribution is 0.0956. The number of hydrogen-bond donors (Lipinski definition) is 1. The first-order chi connectivity index (χ1) is 9.82. The molecule has 0 aliphatic heterocycles. The van der Waals surface area contributed by atoms with Crippen LogP contribution in [0.5, 0.6) is 0 Å². The van der Waals surface area contributed by atoms with Crippen LogP contribution in [0.1, 0.15) is 29.8 Å². The zero-order valence-electron chi connectivity index (χ0n) is 12.3. The van der Waals surface area contributed by atoms with Crippen LogP contribution in [-0.4, -0.2) is 14.7 Å². The minimum atomic E-state index is -1.41. The standard InChI is InChI=1S/C17H18O2S2/c1-12-4-10-15(11-5-12)21(19)17(2,3)16(18)13-6-8-14(20)9-7-13/h4-11,20H,1-3H3. The van der Waals surface area contributed by atoms with E-state index in [9.17, 15) is 9.00 Å². The highest BCUT2D eigenvalue weighted by atomic mass is 32.2. The van der Waals surface area contributed by atoms with Crippen molar-refractivity contribution in [3.05, 3.63) is 59.7 Å². The van der Waals surface area contributed by atoms with Crippen molar-refractivity contribution >= 4 is 29.2 Å². The summed E-state index contributed by atoms with van der Waals surface area (Å²) in [6, 6.07) is 14.4. The van der Waals surface area contributed by atoms with Crippen molar-refractivity contribution in [1.82, 2.24) is 0 Å². The molecule has 2 nitrogen and oxygen atoms in total. The summed E-state index contributed by atoms with van der Waals surface area (Å²) in [6.45, 7) is 5.42. The molecule has 1 atom stereocenters. The smallest absolute Gasteiger partial charge is 0.181 e. The summed E-state index contributed by atoms with van der Waals surface area (Å²) >= 11 is 4.21. The number of thiol groups is 1. The van der Waals surface area contributed by atoms with Crippen LogP contribution in [-0.2, 0) is 10.8 Å². The third-order valence-corrected chi connectivity index (χ3v) is 5.49. The van der Waals surface area contributed by atoms with Gasteiger partial charge in [0, 0.05) is 15.4 Å². The minimum Gasteiger partial charge on any atom is -0.293 e. The number of aryl methyl sites for hydroxylation is 1. The van der Waals surface area contributed by atoms with E-state index in [2.05, 4.69) is 12.6 Å². The van der Waals surface area contributed by atoms with Crippen molar-refractivity contribution in [2.45, 2.75) is 35.3 Å². The van der Waals surface area contributed by atoms with Crippen LogP contribution >= 0.6 is 12.6 Å². The fraction of sp³-hybridized carbons (Fsp3) is 0.235. The number of carbonyl (C=O) groups is 1. The van der Waals surface area contributed by atoms with Crippen molar-refractivity contribution in [2.75, 3.05) is 0 Å². The number of benzene rings is 2. The van der Waals surface area contributed by atoms with Gasteiger partial charge in [-0.3, -0.25) is 9.00 Å². The predicted octanol–water partition coefficient (Wildman–Crippen LogP) is 4.05. The third kappa shape index (κ3) is 3.44. The molecule has 2 aromatic carbocycles. The molecule has 2 aromatic rings. The summed E-state index contributed by atoms with van der Waals surface area (Å²) in [7, 11) is -1.41. The van der Waals surface area contributed by atoms with Gasteiger partial charge in [-0.05, 0) is 45.0 Å². The van der Waals surface area contributed by atoms with Gasteiger partial charge in [-0.25, -0.2) is 0 Å². The van der Waals surface area contributed by atoms with Crippen molar-refractivity contribution in [3.8, 4) is 0 Å². The summed E-state index contributed by atoms with van der Waals surface area (Å²) < 4.78 is 11.8. The van der Waals surface area contributed by atoms with E-state index in [1.54, 1.807) is 38.1 Å². The van der Waals surface area contributed by atoms with Crippen LogP contribution in [0, 0.1) is 6.92 Å². The van der Waals surface area contributed by atoms with Crippen LogP contribution in [0.25, 0.3) is 0 Å². The molecule has 0 saturated carbocycles. The zero-order chi connectivity index (χ0) is 15.6. The van der Waals surface area contributed by atoms with E-state index in [4.69, 9.17) is 0 Å². The van der Waals surface area contributed by atoms with E-state index in [0.717, 1.165) is 10.5 Å². The van der Waals surface area contributed by atoms with E-state index < -0.39 is 15.5 Å². The Balaban J connectivity index is 2.32. The second-order valence-electron chi connectivity index (χ2n) is 5.47. The molecule has 0 radical (unpaired) electrons. The van der Waals surface area contributed by atoms with Crippen LogP contribution < -0.4 is 0 Å². The number of Topliss-reactive ketones (excluding diaryl/α,β-unsaturated/α-hetero) is 1. The lowest BCUT2D eigenvalue weighted by Crippen LogP contribution is -2.36. The lowest BCUT2D eigenvalue weighted by atomic mass is 10.0. The van der Waals surface area contributed by atoms with Crippen LogP contribution in [0.4, 0.5) is 0 Å². The monoisotopic (exact) mass is 318 g/mol. The van der Waals surface area contributed by atoms with Gasteiger partial charge < -0.3 is 0 Å². The highest BCUT2D eigenvalue weighted by molar-refractivity contribution is 7.87. The molecule has 110 valence electrons. The number of rotatable bonds is 4. The Morgan fingerprint density at radius 2 is 1.52 bits per heavy atom.